The minimum Gasteiger partial charge on any atom is -0.629 e. The summed E-state index contributed by atoms with van der Waals surface area (Å²) in [5.41, 5.74) is 0. The molecular formula is C29H50N2O5. The molecule has 7 heteroatoms. The van der Waals surface area contributed by atoms with E-state index in [-0.39, 0.29) is 51.9 Å². The number of ether oxygens (including phenoxy) is 1. The molecule has 0 amide bonds. The van der Waals surface area contributed by atoms with Gasteiger partial charge in [-0.05, 0) is 59.1 Å². The molecular weight excluding hydrogens is 456 g/mol. The molecule has 1 rings (SSSR count). The van der Waals surface area contributed by atoms with E-state index in [0.29, 0.717) is 44.9 Å². The quantitative estimate of drug-likeness (QED) is 0.112. The number of hydrogen-bond acceptors (Lipinski definition) is 5. The number of hydroxylamine groups is 4. The molecule has 1 aliphatic rings. The van der Waals surface area contributed by atoms with Crippen molar-refractivity contribution in [2.75, 3.05) is 0 Å². The van der Waals surface area contributed by atoms with Crippen molar-refractivity contribution in [1.82, 2.24) is 0 Å². The number of carbonyl (C=O) groups excluding carboxylic acids is 2. The van der Waals surface area contributed by atoms with Crippen LogP contribution < -0.4 is 10.1 Å². The van der Waals surface area contributed by atoms with Gasteiger partial charge in [0.15, 0.2) is 0 Å². The van der Waals surface area contributed by atoms with Gasteiger partial charge in [-0.25, -0.2) is 0 Å². The fourth-order valence-corrected chi connectivity index (χ4v) is 5.37. The topological polar surface area (TPSA) is 98.4 Å². The molecule has 0 bridgehead atoms. The number of quaternary nitrogens is 2. The summed E-state index contributed by atoms with van der Waals surface area (Å²) >= 11 is 0. The zero-order valence-corrected chi connectivity index (χ0v) is 22.8. The summed E-state index contributed by atoms with van der Waals surface area (Å²) < 4.78 is 5.16. The highest BCUT2D eigenvalue weighted by Crippen LogP contribution is 2.36. The molecule has 0 aromatic heterocycles. The van der Waals surface area contributed by atoms with E-state index in [0.717, 1.165) is 19.3 Å². The summed E-state index contributed by atoms with van der Waals surface area (Å²) in [4.78, 5) is 24.3. The number of hydrogen-bond donors (Lipinski definition) is 2. The van der Waals surface area contributed by atoms with Crippen molar-refractivity contribution in [3.05, 3.63) is 48.1 Å². The Morgan fingerprint density at radius 2 is 1.56 bits per heavy atom. The Bertz CT molecular complexity index is 693. The number of allylic oxidation sites excluding steroid dienone is 2. The minimum atomic E-state index is -0.280. The zero-order valence-electron chi connectivity index (χ0n) is 22.8. The van der Waals surface area contributed by atoms with E-state index < -0.39 is 0 Å². The van der Waals surface area contributed by atoms with Gasteiger partial charge in [-0.15, -0.1) is 0 Å². The monoisotopic (exact) mass is 506 g/mol. The van der Waals surface area contributed by atoms with Crippen LogP contribution >= 0.6 is 0 Å². The first-order valence-corrected chi connectivity index (χ1v) is 13.9. The molecule has 2 unspecified atom stereocenters. The number of Topliss-reactive ketones (excluding diaryl/α,β-unsaturated/α-hetero) is 1. The molecule has 0 aromatic carbocycles. The summed E-state index contributed by atoms with van der Waals surface area (Å²) in [6.45, 7) is 13.2. The molecule has 0 aromatic rings. The highest BCUT2D eigenvalue weighted by Gasteiger charge is 2.48. The van der Waals surface area contributed by atoms with Crippen molar-refractivity contribution in [3.63, 3.8) is 0 Å². The van der Waals surface area contributed by atoms with Crippen molar-refractivity contribution in [2.45, 2.75) is 122 Å². The van der Waals surface area contributed by atoms with Crippen LogP contribution in [0.1, 0.15) is 104 Å². The van der Waals surface area contributed by atoms with Crippen molar-refractivity contribution >= 4 is 11.8 Å². The summed E-state index contributed by atoms with van der Waals surface area (Å²) in [5.74, 6) is 0.0205. The zero-order chi connectivity index (χ0) is 26.9. The molecule has 0 aliphatic heterocycles. The predicted octanol–water partition coefficient (Wildman–Crippen LogP) is 4.19. The largest absolute Gasteiger partial charge is 0.629 e. The molecule has 0 heterocycles. The number of rotatable bonds is 20. The third-order valence-electron chi connectivity index (χ3n) is 7.23. The van der Waals surface area contributed by atoms with E-state index in [1.807, 2.05) is 19.9 Å². The molecule has 6 atom stereocenters. The molecule has 0 radical (unpaired) electrons. The van der Waals surface area contributed by atoms with Crippen LogP contribution in [0, 0.1) is 22.3 Å². The maximum Gasteiger partial charge on any atom is 0.306 e. The Morgan fingerprint density at radius 1 is 0.917 bits per heavy atom. The number of nitrogens with one attached hydrogen (secondary N) is 2. The van der Waals surface area contributed by atoms with Crippen molar-refractivity contribution in [3.8, 4) is 0 Å². The Kier molecular flexibility index (Phi) is 16.5. The molecule has 36 heavy (non-hydrogen) atoms. The lowest BCUT2D eigenvalue weighted by molar-refractivity contribution is -0.840. The fraction of sp³-hybridized carbons (Fsp3) is 0.724. The molecule has 206 valence electrons. The van der Waals surface area contributed by atoms with Crippen LogP contribution in [-0.4, -0.2) is 29.9 Å². The molecule has 1 aliphatic carbocycles. The van der Waals surface area contributed by atoms with Crippen LogP contribution in [0.3, 0.4) is 0 Å². The Labute approximate surface area is 218 Å². The smallest absolute Gasteiger partial charge is 0.306 e. The van der Waals surface area contributed by atoms with Gasteiger partial charge >= 0.3 is 5.97 Å². The molecule has 0 spiro atoms. The molecule has 7 nitrogen and oxygen atoms in total. The Balaban J connectivity index is 2.76. The van der Waals surface area contributed by atoms with Crippen LogP contribution in [0.5, 0.6) is 0 Å². The van der Waals surface area contributed by atoms with Gasteiger partial charge < -0.3 is 25.3 Å². The third kappa shape index (κ3) is 12.0. The van der Waals surface area contributed by atoms with Crippen molar-refractivity contribution in [2.24, 2.45) is 11.8 Å². The SMILES string of the molecule is C=C[NH+]([O-])[C@@H]1C[C@H]([NH+]([O-])C=C)[C@H](C/C=C\CCCC(=O)OC(C)C)[C@H]1CCC(=O)CCCCCCC. The fourth-order valence-electron chi connectivity index (χ4n) is 5.37. The van der Waals surface area contributed by atoms with Gasteiger partial charge in [0.05, 0.1) is 24.9 Å². The van der Waals surface area contributed by atoms with E-state index in [1.54, 1.807) is 0 Å². The predicted molar refractivity (Wildman–Crippen MR) is 145 cm³/mol. The Hall–Kier alpha value is -1.80. The first kappa shape index (κ1) is 32.2. The second kappa shape index (κ2) is 18.4. The summed E-state index contributed by atoms with van der Waals surface area (Å²) in [6.07, 6.45) is 16.9. The van der Waals surface area contributed by atoms with Gasteiger partial charge in [0.2, 0.25) is 0 Å². The maximum absolute atomic E-state index is 12.7. The lowest BCUT2D eigenvalue weighted by atomic mass is 9.84. The Morgan fingerprint density at radius 3 is 2.17 bits per heavy atom. The number of carbonyl (C=O) groups is 2. The molecule has 0 saturated heterocycles. The lowest BCUT2D eigenvalue weighted by Crippen LogP contribution is -3.09. The highest BCUT2D eigenvalue weighted by molar-refractivity contribution is 5.78. The standard InChI is InChI=1S/C29H50N2O5/c1-6-9-10-11-14-17-24(32)20-21-26-25(18-15-12-13-16-19-29(33)36-23(4)5)27(30(34)7-2)22-28(26)31(35)8-3/h7-8,12,15,23,25-28,30-31H,2-3,6,9-11,13-14,16-22H2,1,4-5H3/b15-12-/t25-,26-,27+,28-/m1/s1. The maximum atomic E-state index is 12.7. The van der Waals surface area contributed by atoms with Gasteiger partial charge in [-0.1, -0.05) is 44.8 Å². The van der Waals surface area contributed by atoms with Gasteiger partial charge in [0, 0.05) is 31.1 Å². The van der Waals surface area contributed by atoms with Crippen LogP contribution in [0.15, 0.2) is 37.7 Å². The van der Waals surface area contributed by atoms with Crippen LogP contribution in [0.2, 0.25) is 0 Å². The van der Waals surface area contributed by atoms with E-state index in [2.05, 4.69) is 26.2 Å². The molecule has 1 fully saturated rings. The summed E-state index contributed by atoms with van der Waals surface area (Å²) in [6, 6.07) is -0.547. The van der Waals surface area contributed by atoms with Gasteiger partial charge in [-0.3, -0.25) is 9.59 Å². The van der Waals surface area contributed by atoms with E-state index in [9.17, 15) is 20.0 Å². The minimum absolute atomic E-state index is 0.0103. The third-order valence-corrected chi connectivity index (χ3v) is 7.23. The van der Waals surface area contributed by atoms with Crippen molar-refractivity contribution in [1.29, 1.82) is 0 Å². The number of unbranched alkanes of at least 4 members (excludes halogenated alkanes) is 5. The van der Waals surface area contributed by atoms with Gasteiger partial charge in [-0.2, -0.15) is 0 Å². The van der Waals surface area contributed by atoms with Gasteiger partial charge in [0.25, 0.3) is 0 Å². The van der Waals surface area contributed by atoms with Crippen LogP contribution in [-0.2, 0) is 14.3 Å². The van der Waals surface area contributed by atoms with E-state index in [4.69, 9.17) is 4.74 Å². The summed E-state index contributed by atoms with van der Waals surface area (Å²) in [5, 5.41) is 25.3. The average Bonchev–Trinajstić information content (AvgIpc) is 3.21. The second-order valence-corrected chi connectivity index (χ2v) is 10.4. The second-order valence-electron chi connectivity index (χ2n) is 10.4. The van der Waals surface area contributed by atoms with E-state index in [1.165, 1.54) is 31.7 Å². The normalized spacial score (nSPS) is 23.6. The first-order valence-electron chi connectivity index (χ1n) is 13.9. The van der Waals surface area contributed by atoms with Crippen LogP contribution in [0.25, 0.3) is 0 Å². The number of esters is 1. The highest BCUT2D eigenvalue weighted by atomic mass is 16.5. The molecule has 2 N–H and O–H groups in total. The average molecular weight is 507 g/mol. The first-order chi connectivity index (χ1) is 17.2. The van der Waals surface area contributed by atoms with Crippen molar-refractivity contribution < 1.29 is 24.5 Å². The van der Waals surface area contributed by atoms with E-state index >= 15 is 0 Å². The summed E-state index contributed by atoms with van der Waals surface area (Å²) in [7, 11) is 0. The number of ketones is 1. The van der Waals surface area contributed by atoms with Crippen LogP contribution in [0.4, 0.5) is 0 Å². The lowest BCUT2D eigenvalue weighted by Gasteiger charge is -2.31. The van der Waals surface area contributed by atoms with Gasteiger partial charge in [0.1, 0.15) is 17.9 Å². The molecule has 1 saturated carbocycles.